The molecule has 4 nitrogen and oxygen atoms in total. The molecule has 0 aliphatic carbocycles. The van der Waals surface area contributed by atoms with Gasteiger partial charge in [-0.05, 0) is 18.2 Å². The Bertz CT molecular complexity index is 378. The molecule has 0 aromatic heterocycles. The van der Waals surface area contributed by atoms with Gasteiger partial charge in [0.25, 0.3) is 0 Å². The lowest BCUT2D eigenvalue weighted by Gasteiger charge is -2.30. The van der Waals surface area contributed by atoms with Crippen LogP contribution in [0.25, 0.3) is 0 Å². The van der Waals surface area contributed by atoms with Gasteiger partial charge in [-0.2, -0.15) is 0 Å². The Morgan fingerprint density at radius 2 is 2.12 bits per heavy atom. The second-order valence-corrected chi connectivity index (χ2v) is 3.52. The number of rotatable bonds is 3. The monoisotopic (exact) mass is 224 g/mol. The van der Waals surface area contributed by atoms with Gasteiger partial charge in [0.05, 0.1) is 24.6 Å². The molecular formula is C11H13FN2O2. The highest BCUT2D eigenvalue weighted by atomic mass is 19.1. The van der Waals surface area contributed by atoms with Crippen molar-refractivity contribution in [2.45, 2.75) is 0 Å². The minimum Gasteiger partial charge on any atom is -0.378 e. The highest BCUT2D eigenvalue weighted by molar-refractivity contribution is 5.81. The van der Waals surface area contributed by atoms with Gasteiger partial charge in [-0.25, -0.2) is 4.39 Å². The summed E-state index contributed by atoms with van der Waals surface area (Å²) in [5.74, 6) is -0.360. The molecule has 1 aromatic carbocycles. The zero-order valence-electron chi connectivity index (χ0n) is 8.78. The summed E-state index contributed by atoms with van der Waals surface area (Å²) >= 11 is 0. The number of carbonyl (C=O) groups is 1. The average Bonchev–Trinajstić information content (AvgIpc) is 2.31. The predicted octanol–water partition coefficient (Wildman–Crippen LogP) is 1.23. The topological polar surface area (TPSA) is 41.6 Å². The van der Waals surface area contributed by atoms with Crippen LogP contribution in [-0.2, 0) is 9.53 Å². The molecule has 86 valence electrons. The molecule has 1 aliphatic rings. The second-order valence-electron chi connectivity index (χ2n) is 3.52. The molecule has 0 saturated carbocycles. The standard InChI is InChI=1S/C11H13FN2O2/c12-9-1-2-11(10(7-9)13-8-15)14-3-5-16-6-4-14/h1-2,7-8H,3-6H2,(H,13,15). The smallest absolute Gasteiger partial charge is 0.211 e. The van der Waals surface area contributed by atoms with Crippen LogP contribution in [0, 0.1) is 5.82 Å². The average molecular weight is 224 g/mol. The molecule has 1 aromatic rings. The summed E-state index contributed by atoms with van der Waals surface area (Å²) in [5.41, 5.74) is 1.33. The van der Waals surface area contributed by atoms with Crippen molar-refractivity contribution in [2.24, 2.45) is 0 Å². The molecule has 1 fully saturated rings. The summed E-state index contributed by atoms with van der Waals surface area (Å²) in [5, 5.41) is 2.51. The third kappa shape index (κ3) is 2.30. The van der Waals surface area contributed by atoms with Gasteiger partial charge in [-0.3, -0.25) is 4.79 Å². The SMILES string of the molecule is O=CNc1cc(F)ccc1N1CCOCC1. The molecule has 1 amide bonds. The van der Waals surface area contributed by atoms with Crippen molar-refractivity contribution in [3.63, 3.8) is 0 Å². The van der Waals surface area contributed by atoms with Gasteiger partial charge >= 0.3 is 0 Å². The molecule has 0 unspecified atom stereocenters. The van der Waals surface area contributed by atoms with Crippen molar-refractivity contribution in [3.05, 3.63) is 24.0 Å². The molecule has 0 bridgehead atoms. The van der Waals surface area contributed by atoms with Crippen LogP contribution in [0.3, 0.4) is 0 Å². The van der Waals surface area contributed by atoms with Gasteiger partial charge in [0.15, 0.2) is 0 Å². The third-order valence-electron chi connectivity index (χ3n) is 2.52. The van der Waals surface area contributed by atoms with Crippen LogP contribution in [0.5, 0.6) is 0 Å². The molecule has 0 radical (unpaired) electrons. The van der Waals surface area contributed by atoms with Crippen LogP contribution in [0.1, 0.15) is 0 Å². The van der Waals surface area contributed by atoms with Gasteiger partial charge in [-0.1, -0.05) is 0 Å². The first-order valence-corrected chi connectivity index (χ1v) is 5.13. The summed E-state index contributed by atoms with van der Waals surface area (Å²) in [6.45, 7) is 2.80. The number of nitrogens with one attached hydrogen (secondary N) is 1. The van der Waals surface area contributed by atoms with E-state index in [9.17, 15) is 9.18 Å². The minimum absolute atomic E-state index is 0.360. The van der Waals surface area contributed by atoms with E-state index >= 15 is 0 Å². The van der Waals surface area contributed by atoms with Gasteiger partial charge in [0, 0.05) is 13.1 Å². The Balaban J connectivity index is 2.26. The molecular weight excluding hydrogens is 211 g/mol. The summed E-state index contributed by atoms with van der Waals surface area (Å²) in [7, 11) is 0. The van der Waals surface area contributed by atoms with Gasteiger partial charge < -0.3 is 15.0 Å². The molecule has 0 atom stereocenters. The molecule has 1 saturated heterocycles. The fraction of sp³-hybridized carbons (Fsp3) is 0.364. The van der Waals surface area contributed by atoms with Crippen LogP contribution in [0.15, 0.2) is 18.2 Å². The molecule has 2 rings (SSSR count). The maximum absolute atomic E-state index is 13.0. The van der Waals surface area contributed by atoms with E-state index in [1.54, 1.807) is 6.07 Å². The summed E-state index contributed by atoms with van der Waals surface area (Å²) in [6, 6.07) is 4.38. The zero-order valence-corrected chi connectivity index (χ0v) is 8.78. The predicted molar refractivity (Wildman–Crippen MR) is 59.1 cm³/mol. The number of amides is 1. The summed E-state index contributed by atoms with van der Waals surface area (Å²) in [4.78, 5) is 12.5. The Hall–Kier alpha value is -1.62. The van der Waals surface area contributed by atoms with E-state index < -0.39 is 0 Å². The highest BCUT2D eigenvalue weighted by Gasteiger charge is 2.14. The minimum atomic E-state index is -0.360. The molecule has 1 heterocycles. The first-order chi connectivity index (χ1) is 7.81. The number of benzene rings is 1. The normalized spacial score (nSPS) is 15.9. The highest BCUT2D eigenvalue weighted by Crippen LogP contribution is 2.27. The van der Waals surface area contributed by atoms with E-state index in [0.29, 0.717) is 25.3 Å². The lowest BCUT2D eigenvalue weighted by atomic mass is 10.2. The van der Waals surface area contributed by atoms with Crippen molar-refractivity contribution in [3.8, 4) is 0 Å². The number of ether oxygens (including phenoxy) is 1. The van der Waals surface area contributed by atoms with Crippen LogP contribution in [0.4, 0.5) is 15.8 Å². The maximum Gasteiger partial charge on any atom is 0.211 e. The largest absolute Gasteiger partial charge is 0.378 e. The number of nitrogens with zero attached hydrogens (tertiary/aromatic N) is 1. The second kappa shape index (κ2) is 4.94. The molecule has 0 spiro atoms. The van der Waals surface area contributed by atoms with Crippen molar-refractivity contribution in [1.82, 2.24) is 0 Å². The lowest BCUT2D eigenvalue weighted by Crippen LogP contribution is -2.36. The van der Waals surface area contributed by atoms with Crippen molar-refractivity contribution < 1.29 is 13.9 Å². The van der Waals surface area contributed by atoms with E-state index in [-0.39, 0.29) is 5.82 Å². The number of carbonyl (C=O) groups excluding carboxylic acids is 1. The van der Waals surface area contributed by atoms with E-state index in [0.717, 1.165) is 18.8 Å². The van der Waals surface area contributed by atoms with E-state index in [4.69, 9.17) is 4.74 Å². The lowest BCUT2D eigenvalue weighted by molar-refractivity contribution is -0.105. The van der Waals surface area contributed by atoms with Crippen LogP contribution in [0.2, 0.25) is 0 Å². The van der Waals surface area contributed by atoms with E-state index in [1.165, 1.54) is 12.1 Å². The quantitative estimate of drug-likeness (QED) is 0.785. The fourth-order valence-corrected chi connectivity index (χ4v) is 1.77. The van der Waals surface area contributed by atoms with Gasteiger partial charge in [0.1, 0.15) is 5.82 Å². The van der Waals surface area contributed by atoms with Gasteiger partial charge in [0.2, 0.25) is 6.41 Å². The molecule has 1 N–H and O–H groups in total. The Morgan fingerprint density at radius 1 is 1.38 bits per heavy atom. The van der Waals surface area contributed by atoms with Gasteiger partial charge in [-0.15, -0.1) is 0 Å². The number of hydrogen-bond acceptors (Lipinski definition) is 3. The summed E-state index contributed by atoms with van der Waals surface area (Å²) < 4.78 is 18.3. The Labute approximate surface area is 93.0 Å². The molecule has 16 heavy (non-hydrogen) atoms. The van der Waals surface area contributed by atoms with Crippen LogP contribution >= 0.6 is 0 Å². The fourth-order valence-electron chi connectivity index (χ4n) is 1.77. The Kier molecular flexibility index (Phi) is 3.36. The van der Waals surface area contributed by atoms with Crippen LogP contribution in [-0.4, -0.2) is 32.7 Å². The van der Waals surface area contributed by atoms with Crippen molar-refractivity contribution in [1.29, 1.82) is 0 Å². The Morgan fingerprint density at radius 3 is 2.81 bits per heavy atom. The number of hydrogen-bond donors (Lipinski definition) is 1. The zero-order chi connectivity index (χ0) is 11.4. The summed E-state index contributed by atoms with van der Waals surface area (Å²) in [6.07, 6.45) is 0.554. The molecule has 5 heteroatoms. The van der Waals surface area contributed by atoms with E-state index in [2.05, 4.69) is 10.2 Å². The maximum atomic E-state index is 13.0. The number of anilines is 2. The number of morpholine rings is 1. The van der Waals surface area contributed by atoms with Crippen molar-refractivity contribution >= 4 is 17.8 Å². The number of halogens is 1. The first-order valence-electron chi connectivity index (χ1n) is 5.13. The third-order valence-corrected chi connectivity index (χ3v) is 2.52. The first kappa shape index (κ1) is 10.9. The van der Waals surface area contributed by atoms with E-state index in [1.807, 2.05) is 0 Å². The van der Waals surface area contributed by atoms with Crippen molar-refractivity contribution in [2.75, 3.05) is 36.5 Å². The molecule has 1 aliphatic heterocycles. The van der Waals surface area contributed by atoms with Crippen LogP contribution < -0.4 is 10.2 Å².